The molecule has 0 heterocycles. The molecule has 12 heavy (non-hydrogen) atoms. The summed E-state index contributed by atoms with van der Waals surface area (Å²) in [6, 6.07) is 0. The van der Waals surface area contributed by atoms with Crippen molar-refractivity contribution >= 4 is 35.5 Å². The van der Waals surface area contributed by atoms with E-state index in [-0.39, 0.29) is 64.3 Å². The van der Waals surface area contributed by atoms with E-state index < -0.39 is 18.1 Å². The molecule has 0 rings (SSSR count). The zero-order chi connectivity index (χ0) is 9.00. The molecule has 0 aromatic carbocycles. The van der Waals surface area contributed by atoms with Gasteiger partial charge in [0.1, 0.15) is 9.05 Å². The Morgan fingerprint density at radius 1 is 0.750 bits per heavy atom. The van der Waals surface area contributed by atoms with Crippen molar-refractivity contribution in [2.45, 2.75) is 0 Å². The first-order valence-corrected chi connectivity index (χ1v) is 5.02. The molecule has 12 heteroatoms. The van der Waals surface area contributed by atoms with Crippen LogP contribution in [-0.4, -0.2) is 45.0 Å². The van der Waals surface area contributed by atoms with Gasteiger partial charge in [0.05, 0.1) is 0 Å². The van der Waals surface area contributed by atoms with E-state index in [0.717, 1.165) is 0 Å². The molecular formula is H2AlO8Si2Yb. The Morgan fingerprint density at radius 3 is 0.750 bits per heavy atom. The summed E-state index contributed by atoms with van der Waals surface area (Å²) < 4.78 is 0. The fourth-order valence-electron chi connectivity index (χ4n) is 0. The summed E-state index contributed by atoms with van der Waals surface area (Å²) in [5.74, 6) is 0. The first kappa shape index (κ1) is 23.8. The fourth-order valence-corrected chi connectivity index (χ4v) is 0. The van der Waals surface area contributed by atoms with E-state index in [4.69, 9.17) is 38.4 Å². The van der Waals surface area contributed by atoms with E-state index in [9.17, 15) is 0 Å². The molecule has 75 valence electrons. The third-order valence-corrected chi connectivity index (χ3v) is 0. The minimum atomic E-state index is -5.61. The van der Waals surface area contributed by atoms with Gasteiger partial charge in [-0.05, 0) is 0 Å². The molecule has 1 radical (unpaired) electrons. The standard InChI is InChI=1S/Al.H2O4Si.O4Si.Yb/c;2*1-5(2,3)4;/h;1-2H;;/q+3;-2;-4;+3. The molecular weight excluding hydrogens is 384 g/mol. The second-order valence-corrected chi connectivity index (χ2v) is 3.15. The summed E-state index contributed by atoms with van der Waals surface area (Å²) >= 11 is 0. The molecule has 8 nitrogen and oxygen atoms in total. The molecule has 0 aliphatic rings. The van der Waals surface area contributed by atoms with E-state index in [1.807, 2.05) is 0 Å². The maximum atomic E-state index is 8.80. The average Bonchev–Trinajstić information content (AvgIpc) is 1.12. The minimum absolute atomic E-state index is 0. The molecule has 0 aromatic heterocycles. The zero-order valence-electron chi connectivity index (χ0n) is 5.19. The molecule has 0 fully saturated rings. The minimum Gasteiger partial charge on any atom is -0.894 e. The second kappa shape index (κ2) is 9.71. The molecule has 0 spiro atoms. The van der Waals surface area contributed by atoms with Crippen LogP contribution >= 0.6 is 0 Å². The summed E-state index contributed by atoms with van der Waals surface area (Å²) in [6.07, 6.45) is 0. The van der Waals surface area contributed by atoms with E-state index >= 15 is 0 Å². The Morgan fingerprint density at radius 2 is 0.750 bits per heavy atom. The Bertz CT molecular complexity index is 60.0. The topological polar surface area (TPSA) is 179 Å². The van der Waals surface area contributed by atoms with Crippen LogP contribution in [0, 0.1) is 46.9 Å². The van der Waals surface area contributed by atoms with Crippen LogP contribution in [-0.2, 0) is 0 Å². The molecule has 0 saturated heterocycles. The molecule has 0 bridgehead atoms. The Balaban J connectivity index is -0.0000000457. The molecule has 2 N–H and O–H groups in total. The molecule has 0 aliphatic heterocycles. The van der Waals surface area contributed by atoms with Crippen molar-refractivity contribution in [2.75, 3.05) is 0 Å². The van der Waals surface area contributed by atoms with Gasteiger partial charge in [0.2, 0.25) is 0 Å². The maximum Gasteiger partial charge on any atom is 3.00 e. The summed E-state index contributed by atoms with van der Waals surface area (Å²) in [4.78, 5) is 66.1. The van der Waals surface area contributed by atoms with E-state index in [0.29, 0.717) is 0 Å². The monoisotopic (exact) mass is 387 g/mol. The Hall–Kier alpha value is 2.17. The van der Waals surface area contributed by atoms with Crippen molar-refractivity contribution in [3.8, 4) is 0 Å². The van der Waals surface area contributed by atoms with E-state index in [1.54, 1.807) is 0 Å². The van der Waals surface area contributed by atoms with Crippen molar-refractivity contribution in [1.82, 2.24) is 0 Å². The average molecular weight is 386 g/mol. The van der Waals surface area contributed by atoms with Crippen LogP contribution < -0.4 is 28.8 Å². The molecule has 0 saturated carbocycles. The molecule has 0 aliphatic carbocycles. The fraction of sp³-hybridized carbons (Fsp3) is 0. The number of hydrogen-bond acceptors (Lipinski definition) is 8. The van der Waals surface area contributed by atoms with Gasteiger partial charge < -0.3 is 47.4 Å². The molecule has 0 amide bonds. The van der Waals surface area contributed by atoms with Crippen molar-refractivity contribution in [2.24, 2.45) is 0 Å². The summed E-state index contributed by atoms with van der Waals surface area (Å²) in [5.41, 5.74) is 0. The Labute approximate surface area is 119 Å². The van der Waals surface area contributed by atoms with Crippen LogP contribution in [0.4, 0.5) is 0 Å². The summed E-state index contributed by atoms with van der Waals surface area (Å²) in [7, 11) is -10.7. The van der Waals surface area contributed by atoms with Gasteiger partial charge in [-0.2, -0.15) is 0 Å². The summed E-state index contributed by atoms with van der Waals surface area (Å²) in [5, 5.41) is 0. The third kappa shape index (κ3) is 323. The van der Waals surface area contributed by atoms with Crippen molar-refractivity contribution in [3.05, 3.63) is 0 Å². The van der Waals surface area contributed by atoms with Crippen LogP contribution in [0.15, 0.2) is 0 Å². The van der Waals surface area contributed by atoms with Gasteiger partial charge in [0, 0.05) is 0 Å². The van der Waals surface area contributed by atoms with Gasteiger partial charge in [-0.1, -0.05) is 0 Å². The van der Waals surface area contributed by atoms with Crippen molar-refractivity contribution in [1.29, 1.82) is 0 Å². The first-order valence-electron chi connectivity index (χ1n) is 1.67. The molecule has 0 unspecified atom stereocenters. The van der Waals surface area contributed by atoms with Crippen molar-refractivity contribution in [3.63, 3.8) is 0 Å². The van der Waals surface area contributed by atoms with E-state index in [2.05, 4.69) is 0 Å². The van der Waals surface area contributed by atoms with Crippen LogP contribution in [0.25, 0.3) is 0 Å². The van der Waals surface area contributed by atoms with Crippen LogP contribution in [0.5, 0.6) is 0 Å². The largest absolute Gasteiger partial charge is 3.00 e. The van der Waals surface area contributed by atoms with Gasteiger partial charge in [-0.15, -0.1) is 0 Å². The first-order chi connectivity index (χ1) is 4.00. The quantitative estimate of drug-likeness (QED) is 0.385. The van der Waals surface area contributed by atoms with Gasteiger partial charge in [-0.3, -0.25) is 0 Å². The second-order valence-electron chi connectivity index (χ2n) is 1.05. The number of hydrogen-bond donors (Lipinski definition) is 2. The van der Waals surface area contributed by atoms with Gasteiger partial charge in [-0.25, -0.2) is 0 Å². The zero-order valence-corrected chi connectivity index (χ0v) is 10.1. The van der Waals surface area contributed by atoms with Crippen molar-refractivity contribution < 1.29 is 85.3 Å². The smallest absolute Gasteiger partial charge is 0.894 e. The van der Waals surface area contributed by atoms with Gasteiger partial charge in [0.25, 0.3) is 0 Å². The Kier molecular flexibility index (Phi) is 19.2. The van der Waals surface area contributed by atoms with E-state index in [1.165, 1.54) is 0 Å². The SMILES string of the molecule is [Al+3].[O-][Si]([O-])(O)O.[O-][Si]([O-])([O-])[O-].[Yb+3]. The predicted molar refractivity (Wildman–Crippen MR) is 21.7 cm³/mol. The molecule has 0 atom stereocenters. The van der Waals surface area contributed by atoms with Crippen LogP contribution in [0.1, 0.15) is 0 Å². The van der Waals surface area contributed by atoms with Crippen LogP contribution in [0.2, 0.25) is 0 Å². The molecule has 0 aromatic rings. The van der Waals surface area contributed by atoms with Gasteiger partial charge >= 0.3 is 64.3 Å². The maximum absolute atomic E-state index is 8.80. The normalized spacial score (nSPS) is 10.0. The summed E-state index contributed by atoms with van der Waals surface area (Å²) in [6.45, 7) is 0. The third-order valence-electron chi connectivity index (χ3n) is 0. The predicted octanol–water partition coefficient (Wildman–Crippen LogP) is -9.39. The van der Waals surface area contributed by atoms with Crippen LogP contribution in [0.3, 0.4) is 0 Å². The number of rotatable bonds is 0. The van der Waals surface area contributed by atoms with Gasteiger partial charge in [0.15, 0.2) is 0 Å².